The molecule has 3 aromatic carbocycles. The second kappa shape index (κ2) is 13.9. The van der Waals surface area contributed by atoms with E-state index in [0.717, 1.165) is 18.0 Å². The first-order valence-corrected chi connectivity index (χ1v) is 13.8. The molecule has 0 saturated carbocycles. The van der Waals surface area contributed by atoms with Crippen LogP contribution in [0.3, 0.4) is 0 Å². The fourth-order valence-electron chi connectivity index (χ4n) is 4.60. The molecule has 0 radical (unpaired) electrons. The van der Waals surface area contributed by atoms with Crippen molar-refractivity contribution in [2.45, 2.75) is 13.1 Å². The van der Waals surface area contributed by atoms with Gasteiger partial charge in [-0.2, -0.15) is 0 Å². The molecule has 0 bridgehead atoms. The number of carbonyl (C=O) groups is 1. The summed E-state index contributed by atoms with van der Waals surface area (Å²) in [7, 11) is 7.23. The lowest BCUT2D eigenvalue weighted by molar-refractivity contribution is -0.384. The van der Waals surface area contributed by atoms with Crippen LogP contribution >= 0.6 is 15.9 Å². The molecule has 0 aliphatic heterocycles. The van der Waals surface area contributed by atoms with Crippen LogP contribution in [0.15, 0.2) is 70.2 Å². The Bertz CT molecular complexity index is 1700. The van der Waals surface area contributed by atoms with Crippen LogP contribution in [0.25, 0.3) is 5.69 Å². The predicted molar refractivity (Wildman–Crippen MR) is 165 cm³/mol. The number of hydrogen-bond acceptors (Lipinski definition) is 11. The number of aromatic nitrogens is 2. The van der Waals surface area contributed by atoms with Gasteiger partial charge in [-0.05, 0) is 46.3 Å². The first-order chi connectivity index (χ1) is 21.2. The zero-order valence-electron chi connectivity index (χ0n) is 24.5. The minimum Gasteiger partial charge on any atom is -0.497 e. The molecule has 13 nitrogen and oxygen atoms in total. The number of anilines is 1. The normalized spacial score (nSPS) is 10.6. The highest BCUT2D eigenvalue weighted by Gasteiger charge is 2.29. The highest BCUT2D eigenvalue weighted by molar-refractivity contribution is 9.10. The number of para-hydroxylation sites is 1. The fraction of sp³-hybridized carbons (Fsp3) is 0.233. The Morgan fingerprint density at radius 2 is 1.48 bits per heavy atom. The summed E-state index contributed by atoms with van der Waals surface area (Å²) in [6.45, 7) is 0.218. The number of halogens is 1. The number of carbonyl (C=O) groups excluding carboxylic acids is 1. The van der Waals surface area contributed by atoms with Gasteiger partial charge < -0.3 is 28.6 Å². The Morgan fingerprint density at radius 3 is 1.95 bits per heavy atom. The van der Waals surface area contributed by atoms with Crippen molar-refractivity contribution >= 4 is 33.4 Å². The summed E-state index contributed by atoms with van der Waals surface area (Å²) in [5, 5.41) is 11.8. The van der Waals surface area contributed by atoms with Crippen LogP contribution in [0.5, 0.6) is 23.0 Å². The molecular weight excluding hydrogens is 640 g/mol. The molecule has 4 aromatic rings. The van der Waals surface area contributed by atoms with Crippen molar-refractivity contribution in [3.63, 3.8) is 0 Å². The Hall–Kier alpha value is -5.11. The molecule has 44 heavy (non-hydrogen) atoms. The van der Waals surface area contributed by atoms with E-state index in [1.807, 2.05) is 0 Å². The molecule has 1 heterocycles. The Labute approximate surface area is 260 Å². The number of nitro benzene ring substituents is 1. The van der Waals surface area contributed by atoms with Crippen LogP contribution in [-0.4, -0.2) is 56.0 Å². The molecule has 230 valence electrons. The molecule has 1 aromatic heterocycles. The second-order valence-corrected chi connectivity index (χ2v) is 10.0. The SMILES string of the molecule is COC(=O)c1c(N(Cc2ccc(OC)cc2OC)Cc2ccc(OC)cc2OC)ncn(-c2c(Br)cccc2[N+](=O)[O-])c1=O. The smallest absolute Gasteiger partial charge is 0.347 e. The fourth-order valence-corrected chi connectivity index (χ4v) is 5.14. The van der Waals surface area contributed by atoms with E-state index in [4.69, 9.17) is 23.7 Å². The molecule has 14 heteroatoms. The molecule has 0 unspecified atom stereocenters. The van der Waals surface area contributed by atoms with E-state index < -0.39 is 22.0 Å². The van der Waals surface area contributed by atoms with Crippen molar-refractivity contribution in [1.82, 2.24) is 9.55 Å². The van der Waals surface area contributed by atoms with Crippen molar-refractivity contribution in [2.24, 2.45) is 0 Å². The van der Waals surface area contributed by atoms with Crippen LogP contribution in [0, 0.1) is 10.1 Å². The monoisotopic (exact) mass is 668 g/mol. The highest BCUT2D eigenvalue weighted by Crippen LogP contribution is 2.33. The van der Waals surface area contributed by atoms with Gasteiger partial charge in [0, 0.05) is 46.9 Å². The van der Waals surface area contributed by atoms with Crippen molar-refractivity contribution < 1.29 is 33.4 Å². The molecule has 0 aliphatic carbocycles. The van der Waals surface area contributed by atoms with Gasteiger partial charge in [0.2, 0.25) is 0 Å². The van der Waals surface area contributed by atoms with Gasteiger partial charge in [-0.15, -0.1) is 0 Å². The molecule has 0 spiro atoms. The van der Waals surface area contributed by atoms with Crippen molar-refractivity contribution in [2.75, 3.05) is 40.4 Å². The molecule has 0 N–H and O–H groups in total. The first-order valence-electron chi connectivity index (χ1n) is 13.0. The van der Waals surface area contributed by atoms with E-state index in [9.17, 15) is 19.7 Å². The maximum atomic E-state index is 14.0. The Kier molecular flexibility index (Phi) is 10.1. The van der Waals surface area contributed by atoms with Gasteiger partial charge in [0.05, 0.1) is 40.5 Å². The van der Waals surface area contributed by atoms with Gasteiger partial charge in [0.1, 0.15) is 35.0 Å². The predicted octanol–water partition coefficient (Wildman–Crippen LogP) is 4.93. The lowest BCUT2D eigenvalue weighted by Crippen LogP contribution is -2.33. The average molecular weight is 669 g/mol. The topological polar surface area (TPSA) is 144 Å². The van der Waals surface area contributed by atoms with Crippen LogP contribution in [-0.2, 0) is 17.8 Å². The van der Waals surface area contributed by atoms with Gasteiger partial charge in [-0.25, -0.2) is 9.78 Å². The molecule has 0 atom stereocenters. The minimum absolute atomic E-state index is 0.0245. The maximum Gasteiger partial charge on any atom is 0.347 e. The summed E-state index contributed by atoms with van der Waals surface area (Å²) in [6, 6.07) is 14.8. The van der Waals surface area contributed by atoms with E-state index in [1.54, 1.807) is 47.4 Å². The number of nitro groups is 1. The van der Waals surface area contributed by atoms with E-state index in [1.165, 1.54) is 40.6 Å². The molecule has 0 fully saturated rings. The largest absolute Gasteiger partial charge is 0.497 e. The number of methoxy groups -OCH3 is 5. The first kappa shape index (κ1) is 31.8. The third-order valence-electron chi connectivity index (χ3n) is 6.75. The molecule has 0 amide bonds. The zero-order valence-corrected chi connectivity index (χ0v) is 26.1. The van der Waals surface area contributed by atoms with Crippen LogP contribution in [0.1, 0.15) is 21.5 Å². The molecule has 0 saturated heterocycles. The highest BCUT2D eigenvalue weighted by atomic mass is 79.9. The lowest BCUT2D eigenvalue weighted by Gasteiger charge is -2.27. The van der Waals surface area contributed by atoms with Gasteiger partial charge >= 0.3 is 5.97 Å². The summed E-state index contributed by atoms with van der Waals surface area (Å²) in [5.74, 6) is 1.12. The summed E-state index contributed by atoms with van der Waals surface area (Å²) in [4.78, 5) is 44.6. The van der Waals surface area contributed by atoms with Crippen LogP contribution in [0.4, 0.5) is 11.5 Å². The molecule has 0 aliphatic rings. The van der Waals surface area contributed by atoms with Gasteiger partial charge in [0.25, 0.3) is 11.2 Å². The number of esters is 1. The lowest BCUT2D eigenvalue weighted by atomic mass is 10.1. The minimum atomic E-state index is -0.977. The van der Waals surface area contributed by atoms with Gasteiger partial charge in [0.15, 0.2) is 11.4 Å². The number of hydrogen-bond donors (Lipinski definition) is 0. The van der Waals surface area contributed by atoms with Gasteiger partial charge in [-0.3, -0.25) is 19.5 Å². The number of nitrogens with zero attached hydrogens (tertiary/aromatic N) is 4. The third-order valence-corrected chi connectivity index (χ3v) is 7.39. The van der Waals surface area contributed by atoms with E-state index >= 15 is 0 Å². The zero-order chi connectivity index (χ0) is 32.0. The molecule has 4 rings (SSSR count). The summed E-state index contributed by atoms with van der Waals surface area (Å²) >= 11 is 3.29. The van der Waals surface area contributed by atoms with Crippen molar-refractivity contribution in [1.29, 1.82) is 0 Å². The Morgan fingerprint density at radius 1 is 0.909 bits per heavy atom. The van der Waals surface area contributed by atoms with E-state index in [2.05, 4.69) is 20.9 Å². The number of benzene rings is 3. The summed E-state index contributed by atoms with van der Waals surface area (Å²) < 4.78 is 28.1. The third kappa shape index (κ3) is 6.44. The average Bonchev–Trinajstić information content (AvgIpc) is 3.04. The van der Waals surface area contributed by atoms with Crippen LogP contribution < -0.4 is 29.4 Å². The Balaban J connectivity index is 1.96. The van der Waals surface area contributed by atoms with E-state index in [-0.39, 0.29) is 34.8 Å². The number of ether oxygens (including phenoxy) is 5. The summed E-state index contributed by atoms with van der Waals surface area (Å²) in [6.07, 6.45) is 1.14. The quantitative estimate of drug-likeness (QED) is 0.115. The maximum absolute atomic E-state index is 14.0. The van der Waals surface area contributed by atoms with Crippen molar-refractivity contribution in [3.8, 4) is 28.7 Å². The molecular formula is C30H29BrN4O9. The second-order valence-electron chi connectivity index (χ2n) is 9.19. The van der Waals surface area contributed by atoms with Crippen LogP contribution in [0.2, 0.25) is 0 Å². The van der Waals surface area contributed by atoms with Gasteiger partial charge in [-0.1, -0.05) is 6.07 Å². The summed E-state index contributed by atoms with van der Waals surface area (Å²) in [5.41, 5.74) is -0.389. The van der Waals surface area contributed by atoms with E-state index in [0.29, 0.717) is 34.1 Å². The van der Waals surface area contributed by atoms with Crippen molar-refractivity contribution in [3.05, 3.63) is 103 Å². The number of rotatable bonds is 12. The standard InChI is InChI=1S/C30H29BrN4O9/c1-40-20-11-9-18(24(13-20)42-3)15-33(16-19-10-12-21(41-2)14-25(19)43-4)28-26(30(37)44-5)29(36)34(17-32-28)27-22(31)7-6-8-23(27)35(38)39/h6-14,17H,15-16H2,1-5H3.